The Morgan fingerprint density at radius 1 is 1.42 bits per heavy atom. The van der Waals surface area contributed by atoms with Crippen LogP contribution in [0, 0.1) is 0 Å². The van der Waals surface area contributed by atoms with Gasteiger partial charge in [-0.05, 0) is 38.5 Å². The predicted octanol–water partition coefficient (Wildman–Crippen LogP) is 0.931. The largest absolute Gasteiger partial charge is 0.483 e. The van der Waals surface area contributed by atoms with E-state index < -0.39 is 5.91 Å². The van der Waals surface area contributed by atoms with Gasteiger partial charge in [-0.25, -0.2) is 0 Å². The van der Waals surface area contributed by atoms with Crippen molar-refractivity contribution in [3.63, 3.8) is 0 Å². The zero-order valence-electron chi connectivity index (χ0n) is 11.7. The Labute approximate surface area is 113 Å². The van der Waals surface area contributed by atoms with Crippen molar-refractivity contribution < 1.29 is 14.6 Å². The minimum atomic E-state index is -0.539. The summed E-state index contributed by atoms with van der Waals surface area (Å²) in [5.74, 6) is -0.0526. The second-order valence-corrected chi connectivity index (χ2v) is 5.46. The Kier molecular flexibility index (Phi) is 5.32. The summed E-state index contributed by atoms with van der Waals surface area (Å²) in [6.45, 7) is 6.63. The van der Waals surface area contributed by atoms with Gasteiger partial charge in [0.15, 0.2) is 6.61 Å². The number of ether oxygens (including phenoxy) is 1. The minimum Gasteiger partial charge on any atom is -0.483 e. The number of hydrogen-bond donors (Lipinski definition) is 3. The van der Waals surface area contributed by atoms with E-state index in [9.17, 15) is 9.90 Å². The molecule has 0 unspecified atom stereocenters. The lowest BCUT2D eigenvalue weighted by molar-refractivity contribution is -0.119. The van der Waals surface area contributed by atoms with Crippen molar-refractivity contribution in [2.45, 2.75) is 39.5 Å². The van der Waals surface area contributed by atoms with Crippen LogP contribution in [0.25, 0.3) is 0 Å². The number of hydrogen-bond acceptors (Lipinski definition) is 4. The summed E-state index contributed by atoms with van der Waals surface area (Å²) in [6.07, 6.45) is 0. The zero-order valence-corrected chi connectivity index (χ0v) is 11.7. The Hall–Kier alpha value is -1.59. The fourth-order valence-electron chi connectivity index (χ4n) is 1.52. The molecule has 0 aliphatic carbocycles. The van der Waals surface area contributed by atoms with Gasteiger partial charge in [0, 0.05) is 17.6 Å². The van der Waals surface area contributed by atoms with Crippen LogP contribution in [-0.2, 0) is 17.9 Å². The van der Waals surface area contributed by atoms with Crippen molar-refractivity contribution in [3.05, 3.63) is 29.3 Å². The summed E-state index contributed by atoms with van der Waals surface area (Å²) in [6, 6.07) is 5.50. The van der Waals surface area contributed by atoms with Gasteiger partial charge in [-0.1, -0.05) is 6.07 Å². The van der Waals surface area contributed by atoms with Gasteiger partial charge in [0.1, 0.15) is 5.75 Å². The molecule has 0 aromatic heterocycles. The third kappa shape index (κ3) is 5.72. The molecular weight excluding hydrogens is 244 g/mol. The van der Waals surface area contributed by atoms with E-state index in [1.54, 1.807) is 6.07 Å². The van der Waals surface area contributed by atoms with Gasteiger partial charge < -0.3 is 20.9 Å². The summed E-state index contributed by atoms with van der Waals surface area (Å²) in [4.78, 5) is 10.7. The molecule has 0 radical (unpaired) electrons. The maximum atomic E-state index is 10.7. The van der Waals surface area contributed by atoms with Crippen LogP contribution >= 0.6 is 0 Å². The van der Waals surface area contributed by atoms with Gasteiger partial charge in [0.05, 0.1) is 6.61 Å². The summed E-state index contributed by atoms with van der Waals surface area (Å²) in [7, 11) is 0. The van der Waals surface area contributed by atoms with Gasteiger partial charge in [-0.15, -0.1) is 0 Å². The molecule has 0 heterocycles. The summed E-state index contributed by atoms with van der Waals surface area (Å²) in [5.41, 5.74) is 6.74. The zero-order chi connectivity index (χ0) is 14.5. The number of nitrogens with one attached hydrogen (secondary N) is 1. The number of carbonyl (C=O) groups is 1. The molecule has 0 aliphatic heterocycles. The molecule has 0 bridgehead atoms. The van der Waals surface area contributed by atoms with Crippen molar-refractivity contribution in [1.29, 1.82) is 0 Å². The van der Waals surface area contributed by atoms with E-state index in [1.165, 1.54) is 0 Å². The molecule has 5 nitrogen and oxygen atoms in total. The van der Waals surface area contributed by atoms with E-state index in [4.69, 9.17) is 10.5 Å². The standard InChI is InChI=1S/C14H22N2O3/c1-14(2,3)16-7-10-4-5-12(11(6-10)8-17)19-9-13(15)18/h4-6,16-17H,7-9H2,1-3H3,(H2,15,18). The quantitative estimate of drug-likeness (QED) is 0.715. The number of aliphatic hydroxyl groups is 1. The normalized spacial score (nSPS) is 11.4. The first-order chi connectivity index (χ1) is 8.81. The average molecular weight is 266 g/mol. The highest BCUT2D eigenvalue weighted by molar-refractivity contribution is 5.75. The van der Waals surface area contributed by atoms with Crippen LogP contribution in [0.15, 0.2) is 18.2 Å². The second-order valence-electron chi connectivity index (χ2n) is 5.46. The molecule has 0 aliphatic rings. The number of rotatable bonds is 6. The third-order valence-electron chi connectivity index (χ3n) is 2.49. The molecule has 5 heteroatoms. The average Bonchev–Trinajstić information content (AvgIpc) is 2.33. The topological polar surface area (TPSA) is 84.6 Å². The first kappa shape index (κ1) is 15.5. The minimum absolute atomic E-state index is 0.0283. The van der Waals surface area contributed by atoms with E-state index in [0.717, 1.165) is 5.56 Å². The molecule has 0 atom stereocenters. The lowest BCUT2D eigenvalue weighted by Crippen LogP contribution is -2.35. The molecule has 19 heavy (non-hydrogen) atoms. The first-order valence-corrected chi connectivity index (χ1v) is 6.20. The highest BCUT2D eigenvalue weighted by atomic mass is 16.5. The van der Waals surface area contributed by atoms with Gasteiger partial charge in [0.2, 0.25) is 0 Å². The van der Waals surface area contributed by atoms with Crippen molar-refractivity contribution >= 4 is 5.91 Å². The highest BCUT2D eigenvalue weighted by Crippen LogP contribution is 2.20. The van der Waals surface area contributed by atoms with E-state index in [1.807, 2.05) is 12.1 Å². The molecular formula is C14H22N2O3. The number of amides is 1. The van der Waals surface area contributed by atoms with Crippen LogP contribution in [0.1, 0.15) is 31.9 Å². The summed E-state index contributed by atoms with van der Waals surface area (Å²) in [5, 5.41) is 12.7. The molecule has 0 saturated carbocycles. The van der Waals surface area contributed by atoms with Crippen LogP contribution < -0.4 is 15.8 Å². The number of primary amides is 1. The Morgan fingerprint density at radius 3 is 2.63 bits per heavy atom. The maximum Gasteiger partial charge on any atom is 0.255 e. The van der Waals surface area contributed by atoms with Gasteiger partial charge in [-0.2, -0.15) is 0 Å². The van der Waals surface area contributed by atoms with Gasteiger partial charge in [-0.3, -0.25) is 4.79 Å². The molecule has 1 aromatic rings. The lowest BCUT2D eigenvalue weighted by atomic mass is 10.1. The molecule has 1 aromatic carbocycles. The van der Waals surface area contributed by atoms with Crippen LogP contribution in [0.4, 0.5) is 0 Å². The van der Waals surface area contributed by atoms with Gasteiger partial charge >= 0.3 is 0 Å². The molecule has 0 saturated heterocycles. The van der Waals surface area contributed by atoms with Crippen LogP contribution in [-0.4, -0.2) is 23.2 Å². The molecule has 106 valence electrons. The van der Waals surface area contributed by atoms with E-state index in [-0.39, 0.29) is 18.8 Å². The summed E-state index contributed by atoms with van der Waals surface area (Å²) < 4.78 is 5.23. The molecule has 0 fully saturated rings. The fraction of sp³-hybridized carbons (Fsp3) is 0.500. The maximum absolute atomic E-state index is 10.7. The monoisotopic (exact) mass is 266 g/mol. The van der Waals surface area contributed by atoms with E-state index in [0.29, 0.717) is 17.9 Å². The smallest absolute Gasteiger partial charge is 0.255 e. The molecule has 0 spiro atoms. The second kappa shape index (κ2) is 6.54. The Morgan fingerprint density at radius 2 is 2.11 bits per heavy atom. The summed E-state index contributed by atoms with van der Waals surface area (Å²) >= 11 is 0. The van der Waals surface area contributed by atoms with E-state index >= 15 is 0 Å². The number of aliphatic hydroxyl groups excluding tert-OH is 1. The Balaban J connectivity index is 2.75. The molecule has 1 amide bonds. The highest BCUT2D eigenvalue weighted by Gasteiger charge is 2.10. The van der Waals surface area contributed by atoms with Crippen LogP contribution in [0.2, 0.25) is 0 Å². The van der Waals surface area contributed by atoms with Crippen LogP contribution in [0.3, 0.4) is 0 Å². The number of nitrogens with two attached hydrogens (primary N) is 1. The Bertz CT molecular complexity index is 439. The van der Waals surface area contributed by atoms with Crippen molar-refractivity contribution in [3.8, 4) is 5.75 Å². The van der Waals surface area contributed by atoms with Crippen molar-refractivity contribution in [1.82, 2.24) is 5.32 Å². The first-order valence-electron chi connectivity index (χ1n) is 6.20. The predicted molar refractivity (Wildman–Crippen MR) is 73.6 cm³/mol. The van der Waals surface area contributed by atoms with Crippen LogP contribution in [0.5, 0.6) is 5.75 Å². The number of carbonyl (C=O) groups excluding carboxylic acids is 1. The van der Waals surface area contributed by atoms with Crippen molar-refractivity contribution in [2.24, 2.45) is 5.73 Å². The van der Waals surface area contributed by atoms with Crippen molar-refractivity contribution in [2.75, 3.05) is 6.61 Å². The van der Waals surface area contributed by atoms with Gasteiger partial charge in [0.25, 0.3) is 5.91 Å². The third-order valence-corrected chi connectivity index (χ3v) is 2.49. The fourth-order valence-corrected chi connectivity index (χ4v) is 1.52. The number of benzene rings is 1. The molecule has 4 N–H and O–H groups in total. The molecule has 1 rings (SSSR count). The SMILES string of the molecule is CC(C)(C)NCc1ccc(OCC(N)=O)c(CO)c1. The lowest BCUT2D eigenvalue weighted by Gasteiger charge is -2.21. The van der Waals surface area contributed by atoms with E-state index in [2.05, 4.69) is 26.1 Å².